The molecular formula is C15H22FNO2. The Labute approximate surface area is 113 Å². The molecule has 0 saturated heterocycles. The van der Waals surface area contributed by atoms with Gasteiger partial charge >= 0.3 is 0 Å². The molecule has 106 valence electrons. The first-order valence-electron chi connectivity index (χ1n) is 6.94. The van der Waals surface area contributed by atoms with Gasteiger partial charge in [-0.25, -0.2) is 4.39 Å². The second-order valence-electron chi connectivity index (χ2n) is 5.47. The van der Waals surface area contributed by atoms with E-state index in [1.807, 2.05) is 6.92 Å². The van der Waals surface area contributed by atoms with Gasteiger partial charge in [0.25, 0.3) is 0 Å². The van der Waals surface area contributed by atoms with Gasteiger partial charge in [-0.3, -0.25) is 0 Å². The van der Waals surface area contributed by atoms with E-state index in [0.717, 1.165) is 25.5 Å². The SMILES string of the molecule is CC(NCC1CCCC1CO)c1ccc(O)cc1F. The number of benzene rings is 1. The van der Waals surface area contributed by atoms with Gasteiger partial charge in [-0.1, -0.05) is 12.5 Å². The average Bonchev–Trinajstić information content (AvgIpc) is 2.83. The smallest absolute Gasteiger partial charge is 0.131 e. The summed E-state index contributed by atoms with van der Waals surface area (Å²) in [5.74, 6) is 0.423. The molecule has 3 nitrogen and oxygen atoms in total. The molecule has 2 rings (SSSR count). The highest BCUT2D eigenvalue weighted by Crippen LogP contribution is 2.31. The molecule has 3 atom stereocenters. The van der Waals surface area contributed by atoms with E-state index >= 15 is 0 Å². The van der Waals surface area contributed by atoms with E-state index in [4.69, 9.17) is 0 Å². The highest BCUT2D eigenvalue weighted by Gasteiger charge is 2.26. The van der Waals surface area contributed by atoms with E-state index < -0.39 is 0 Å². The van der Waals surface area contributed by atoms with Gasteiger partial charge in [0.15, 0.2) is 0 Å². The molecule has 0 bridgehead atoms. The van der Waals surface area contributed by atoms with E-state index in [2.05, 4.69) is 5.32 Å². The number of aliphatic hydroxyl groups is 1. The minimum Gasteiger partial charge on any atom is -0.508 e. The number of nitrogens with one attached hydrogen (secondary N) is 1. The lowest BCUT2D eigenvalue weighted by Gasteiger charge is -2.21. The number of aromatic hydroxyl groups is 1. The topological polar surface area (TPSA) is 52.5 Å². The van der Waals surface area contributed by atoms with Crippen molar-refractivity contribution in [3.8, 4) is 5.75 Å². The minimum absolute atomic E-state index is 0.0513. The fourth-order valence-corrected chi connectivity index (χ4v) is 2.93. The Morgan fingerprint density at radius 3 is 2.79 bits per heavy atom. The monoisotopic (exact) mass is 267 g/mol. The summed E-state index contributed by atoms with van der Waals surface area (Å²) in [7, 11) is 0. The van der Waals surface area contributed by atoms with Crippen LogP contribution in [-0.2, 0) is 0 Å². The van der Waals surface area contributed by atoms with Crippen molar-refractivity contribution in [2.75, 3.05) is 13.2 Å². The Kier molecular flexibility index (Phi) is 4.77. The van der Waals surface area contributed by atoms with E-state index in [1.54, 1.807) is 6.07 Å². The van der Waals surface area contributed by atoms with Gasteiger partial charge in [0.2, 0.25) is 0 Å². The third-order valence-corrected chi connectivity index (χ3v) is 4.19. The second-order valence-corrected chi connectivity index (χ2v) is 5.47. The second kappa shape index (κ2) is 6.35. The normalized spacial score (nSPS) is 24.6. The zero-order valence-corrected chi connectivity index (χ0v) is 11.3. The molecule has 0 aliphatic heterocycles. The summed E-state index contributed by atoms with van der Waals surface area (Å²) >= 11 is 0. The van der Waals surface area contributed by atoms with Gasteiger partial charge in [-0.15, -0.1) is 0 Å². The van der Waals surface area contributed by atoms with E-state index in [0.29, 0.717) is 17.4 Å². The molecule has 0 heterocycles. The molecule has 0 aromatic heterocycles. The van der Waals surface area contributed by atoms with Crippen LogP contribution in [0.4, 0.5) is 4.39 Å². The number of phenols is 1. The quantitative estimate of drug-likeness (QED) is 0.768. The molecule has 1 aliphatic carbocycles. The molecule has 1 aliphatic rings. The first-order valence-corrected chi connectivity index (χ1v) is 6.94. The molecule has 0 amide bonds. The lowest BCUT2D eigenvalue weighted by Crippen LogP contribution is -2.29. The van der Waals surface area contributed by atoms with Gasteiger partial charge in [0, 0.05) is 24.3 Å². The summed E-state index contributed by atoms with van der Waals surface area (Å²) in [5, 5.41) is 21.8. The van der Waals surface area contributed by atoms with Gasteiger partial charge in [-0.05, 0) is 44.2 Å². The molecular weight excluding hydrogens is 245 g/mol. The maximum atomic E-state index is 13.7. The molecule has 1 aromatic carbocycles. The maximum absolute atomic E-state index is 13.7. The van der Waals surface area contributed by atoms with Gasteiger partial charge in [-0.2, -0.15) is 0 Å². The first kappa shape index (κ1) is 14.3. The fraction of sp³-hybridized carbons (Fsp3) is 0.600. The van der Waals surface area contributed by atoms with Crippen LogP contribution in [-0.4, -0.2) is 23.4 Å². The zero-order valence-electron chi connectivity index (χ0n) is 11.3. The van der Waals surface area contributed by atoms with Crippen LogP contribution in [0, 0.1) is 17.7 Å². The molecule has 4 heteroatoms. The first-order chi connectivity index (χ1) is 9.11. The van der Waals surface area contributed by atoms with Crippen LogP contribution < -0.4 is 5.32 Å². The molecule has 1 fully saturated rings. The van der Waals surface area contributed by atoms with Crippen molar-refractivity contribution < 1.29 is 14.6 Å². The van der Waals surface area contributed by atoms with Crippen LogP contribution >= 0.6 is 0 Å². The van der Waals surface area contributed by atoms with E-state index in [1.165, 1.54) is 12.5 Å². The number of phenolic OH excluding ortho intramolecular Hbond substituents is 1. The summed E-state index contributed by atoms with van der Waals surface area (Å²) in [5.41, 5.74) is 0.566. The van der Waals surface area contributed by atoms with Crippen molar-refractivity contribution in [3.05, 3.63) is 29.6 Å². The van der Waals surface area contributed by atoms with Gasteiger partial charge in [0.05, 0.1) is 0 Å². The third kappa shape index (κ3) is 3.45. The van der Waals surface area contributed by atoms with Crippen LogP contribution in [0.2, 0.25) is 0 Å². The number of hydrogen-bond acceptors (Lipinski definition) is 3. The van der Waals surface area contributed by atoms with Gasteiger partial charge < -0.3 is 15.5 Å². The predicted molar refractivity (Wildman–Crippen MR) is 72.4 cm³/mol. The van der Waals surface area contributed by atoms with Crippen LogP contribution in [0.1, 0.15) is 37.8 Å². The van der Waals surface area contributed by atoms with Crippen molar-refractivity contribution >= 4 is 0 Å². The summed E-state index contributed by atoms with van der Waals surface area (Å²) in [6.45, 7) is 2.96. The molecule has 3 N–H and O–H groups in total. The molecule has 1 aromatic rings. The summed E-state index contributed by atoms with van der Waals surface area (Å²) in [4.78, 5) is 0. The van der Waals surface area contributed by atoms with Crippen molar-refractivity contribution in [1.82, 2.24) is 5.32 Å². The Bertz CT molecular complexity index is 425. The zero-order chi connectivity index (χ0) is 13.8. The predicted octanol–water partition coefficient (Wildman–Crippen LogP) is 2.59. The van der Waals surface area contributed by atoms with Crippen LogP contribution in [0.25, 0.3) is 0 Å². The minimum atomic E-state index is -0.384. The highest BCUT2D eigenvalue weighted by atomic mass is 19.1. The van der Waals surface area contributed by atoms with Crippen LogP contribution in [0.5, 0.6) is 5.75 Å². The Hall–Kier alpha value is -1.13. The van der Waals surface area contributed by atoms with Crippen molar-refractivity contribution in [1.29, 1.82) is 0 Å². The van der Waals surface area contributed by atoms with E-state index in [-0.39, 0.29) is 24.2 Å². The number of aliphatic hydroxyl groups excluding tert-OH is 1. The largest absolute Gasteiger partial charge is 0.508 e. The Balaban J connectivity index is 1.92. The van der Waals surface area contributed by atoms with Gasteiger partial charge in [0.1, 0.15) is 11.6 Å². The Morgan fingerprint density at radius 1 is 1.37 bits per heavy atom. The number of halogens is 1. The molecule has 0 radical (unpaired) electrons. The Morgan fingerprint density at radius 2 is 2.11 bits per heavy atom. The van der Waals surface area contributed by atoms with Crippen molar-refractivity contribution in [2.24, 2.45) is 11.8 Å². The van der Waals surface area contributed by atoms with Crippen molar-refractivity contribution in [3.63, 3.8) is 0 Å². The number of rotatable bonds is 5. The molecule has 0 spiro atoms. The van der Waals surface area contributed by atoms with Crippen LogP contribution in [0.3, 0.4) is 0 Å². The number of hydrogen-bond donors (Lipinski definition) is 3. The standard InChI is InChI=1S/C15H22FNO2/c1-10(14-6-5-13(19)7-15(14)16)17-8-11-3-2-4-12(11)9-18/h5-7,10-12,17-19H,2-4,8-9H2,1H3. The average molecular weight is 267 g/mol. The maximum Gasteiger partial charge on any atom is 0.131 e. The third-order valence-electron chi connectivity index (χ3n) is 4.19. The molecule has 1 saturated carbocycles. The van der Waals surface area contributed by atoms with Crippen molar-refractivity contribution in [2.45, 2.75) is 32.2 Å². The lowest BCUT2D eigenvalue weighted by atomic mass is 9.96. The lowest BCUT2D eigenvalue weighted by molar-refractivity contribution is 0.190. The highest BCUT2D eigenvalue weighted by molar-refractivity contribution is 5.29. The van der Waals surface area contributed by atoms with E-state index in [9.17, 15) is 14.6 Å². The molecule has 3 unspecified atom stereocenters. The molecule has 19 heavy (non-hydrogen) atoms. The summed E-state index contributed by atoms with van der Waals surface area (Å²) < 4.78 is 13.7. The summed E-state index contributed by atoms with van der Waals surface area (Å²) in [6.07, 6.45) is 3.38. The fourth-order valence-electron chi connectivity index (χ4n) is 2.93. The van der Waals surface area contributed by atoms with Crippen LogP contribution in [0.15, 0.2) is 18.2 Å². The summed E-state index contributed by atoms with van der Waals surface area (Å²) in [6, 6.07) is 4.16.